The van der Waals surface area contributed by atoms with Crippen molar-refractivity contribution in [3.05, 3.63) is 71.0 Å². The molecule has 0 bridgehead atoms. The number of hydrogen-bond donors (Lipinski definition) is 0. The maximum absolute atomic E-state index is 10.4. The van der Waals surface area contributed by atoms with Crippen LogP contribution in [0, 0.1) is 5.21 Å². The lowest BCUT2D eigenvalue weighted by Crippen LogP contribution is -2.39. The lowest BCUT2D eigenvalue weighted by molar-refractivity contribution is -0.763. The van der Waals surface area contributed by atoms with Crippen molar-refractivity contribution in [3.8, 4) is 0 Å². The van der Waals surface area contributed by atoms with Gasteiger partial charge in [0.15, 0.2) is 6.54 Å². The summed E-state index contributed by atoms with van der Waals surface area (Å²) in [7, 11) is 0. The van der Waals surface area contributed by atoms with E-state index in [1.165, 1.54) is 5.56 Å². The minimum absolute atomic E-state index is 0.0656. The molecule has 0 atom stereocenters. The predicted molar refractivity (Wildman–Crippen MR) is 82.4 cm³/mol. The van der Waals surface area contributed by atoms with Crippen LogP contribution in [0.15, 0.2) is 68.1 Å². The minimum Gasteiger partial charge on any atom is -0.775 e. The van der Waals surface area contributed by atoms with Crippen molar-refractivity contribution in [3.63, 3.8) is 0 Å². The van der Waals surface area contributed by atoms with Gasteiger partial charge in [0, 0.05) is 12.5 Å². The maximum atomic E-state index is 10.4. The van der Waals surface area contributed by atoms with Crippen LogP contribution in [0.2, 0.25) is 0 Å². The van der Waals surface area contributed by atoms with Crippen molar-refractivity contribution >= 4 is 18.0 Å². The Morgan fingerprint density at radius 2 is 2.00 bits per heavy atom. The average molecular weight is 310 g/mol. The monoisotopic (exact) mass is 310 g/mol. The van der Waals surface area contributed by atoms with E-state index in [4.69, 9.17) is 8.94 Å². The molecule has 3 aromatic rings. The fraction of sp³-hybridized carbons (Fsp3) is 0.125. The van der Waals surface area contributed by atoms with Crippen molar-refractivity contribution in [2.75, 3.05) is 0 Å². The molecule has 0 spiro atoms. The van der Waals surface area contributed by atoms with Crippen molar-refractivity contribution in [1.29, 1.82) is 0 Å². The summed E-state index contributed by atoms with van der Waals surface area (Å²) in [4.78, 5) is 0. The van der Waals surface area contributed by atoms with E-state index in [2.05, 4.69) is 15.7 Å². The Morgan fingerprint density at radius 3 is 2.74 bits per heavy atom. The highest BCUT2D eigenvalue weighted by Gasteiger charge is 2.22. The Kier molecular flexibility index (Phi) is 4.58. The average Bonchev–Trinajstić information content (AvgIpc) is 3.22. The second-order valence-corrected chi connectivity index (χ2v) is 4.75. The number of benzene rings is 1. The van der Waals surface area contributed by atoms with Gasteiger partial charge in [0.2, 0.25) is 5.27 Å². The van der Waals surface area contributed by atoms with Gasteiger partial charge in [0.1, 0.15) is 5.76 Å². The Balaban J connectivity index is 1.82. The summed E-state index contributed by atoms with van der Waals surface area (Å²) >= 11 is 0. The van der Waals surface area contributed by atoms with Crippen LogP contribution in [0.5, 0.6) is 0 Å². The first-order chi connectivity index (χ1) is 11.4. The second kappa shape index (κ2) is 7.17. The molecular weight excluding hydrogens is 296 g/mol. The summed E-state index contributed by atoms with van der Waals surface area (Å²) in [5.41, 5.74) is 1.73. The summed E-state index contributed by atoms with van der Waals surface area (Å²) in [5.74, 6) is 0.738. The Hall–Kier alpha value is -3.22. The summed E-state index contributed by atoms with van der Waals surface area (Å²) in [6.07, 6.45) is 5.82. The standard InChI is InChI=1S/C16H14N4O3/c21-18-17-16-15(9-8-14-7-4-12-22-14)20(19-23-16)11-10-13-5-2-1-3-6-13/h1-9,12H,10-11H2/b9-8+. The SMILES string of the molecule is [O-]/N=N/c1on[n+](CCc2ccccc2)c1/C=C/c1ccco1. The number of aryl methyl sites for hydroxylation is 2. The third kappa shape index (κ3) is 3.70. The van der Waals surface area contributed by atoms with E-state index in [1.54, 1.807) is 29.2 Å². The number of nitrogens with zero attached hydrogens (tertiary/aromatic N) is 4. The van der Waals surface area contributed by atoms with Crippen molar-refractivity contribution < 1.29 is 13.6 Å². The van der Waals surface area contributed by atoms with Gasteiger partial charge < -0.3 is 9.62 Å². The highest BCUT2D eigenvalue weighted by atomic mass is 16.5. The number of furan rings is 1. The normalized spacial score (nSPS) is 11.7. The van der Waals surface area contributed by atoms with Crippen molar-refractivity contribution in [2.45, 2.75) is 13.0 Å². The molecule has 0 saturated carbocycles. The molecule has 2 aromatic heterocycles. The van der Waals surface area contributed by atoms with Gasteiger partial charge in [0.05, 0.1) is 6.26 Å². The Labute approximate surface area is 132 Å². The largest absolute Gasteiger partial charge is 0.775 e. The van der Waals surface area contributed by atoms with Gasteiger partial charge in [-0.1, -0.05) is 30.3 Å². The molecule has 0 amide bonds. The van der Waals surface area contributed by atoms with Crippen LogP contribution in [0.25, 0.3) is 12.2 Å². The molecule has 0 aliphatic heterocycles. The summed E-state index contributed by atoms with van der Waals surface area (Å²) in [6, 6.07) is 13.6. The first-order valence-electron chi connectivity index (χ1n) is 7.05. The van der Waals surface area contributed by atoms with Crippen LogP contribution in [-0.4, -0.2) is 5.27 Å². The molecule has 0 aliphatic rings. The zero-order valence-electron chi connectivity index (χ0n) is 12.2. The Morgan fingerprint density at radius 1 is 1.13 bits per heavy atom. The van der Waals surface area contributed by atoms with Gasteiger partial charge in [0.25, 0.3) is 0 Å². The van der Waals surface area contributed by atoms with Crippen molar-refractivity contribution in [2.24, 2.45) is 10.4 Å². The quantitative estimate of drug-likeness (QED) is 0.395. The first-order valence-corrected chi connectivity index (χ1v) is 7.05. The minimum atomic E-state index is 0.0656. The van der Waals surface area contributed by atoms with Gasteiger partial charge in [-0.2, -0.15) is 0 Å². The van der Waals surface area contributed by atoms with Crippen LogP contribution in [-0.2, 0) is 13.0 Å². The summed E-state index contributed by atoms with van der Waals surface area (Å²) < 4.78 is 11.9. The highest BCUT2D eigenvalue weighted by Crippen LogP contribution is 2.18. The molecule has 0 fully saturated rings. The van der Waals surface area contributed by atoms with Gasteiger partial charge in [-0.15, -0.1) is 5.11 Å². The highest BCUT2D eigenvalue weighted by molar-refractivity contribution is 5.67. The first kappa shape index (κ1) is 14.7. The maximum Gasteiger partial charge on any atom is 0.346 e. The van der Waals surface area contributed by atoms with E-state index in [-0.39, 0.29) is 5.88 Å². The zero-order valence-corrected chi connectivity index (χ0v) is 12.2. The molecule has 0 saturated heterocycles. The lowest BCUT2D eigenvalue weighted by atomic mass is 10.1. The van der Waals surface area contributed by atoms with Crippen LogP contribution >= 0.6 is 0 Å². The molecule has 1 aromatic carbocycles. The van der Waals surface area contributed by atoms with E-state index in [0.717, 1.165) is 6.42 Å². The molecule has 0 aliphatic carbocycles. The van der Waals surface area contributed by atoms with Gasteiger partial charge in [-0.25, -0.2) is 5.28 Å². The molecule has 0 N–H and O–H groups in total. The molecule has 3 rings (SSSR count). The summed E-state index contributed by atoms with van der Waals surface area (Å²) in [6.45, 7) is 0.583. The Bertz CT molecular complexity index is 792. The van der Waals surface area contributed by atoms with Crippen LogP contribution in [0.1, 0.15) is 17.0 Å². The van der Waals surface area contributed by atoms with Crippen LogP contribution < -0.4 is 4.68 Å². The zero-order chi connectivity index (χ0) is 15.9. The molecule has 0 radical (unpaired) electrons. The molecule has 7 nitrogen and oxygen atoms in total. The topological polar surface area (TPSA) is 90.8 Å². The molecule has 2 heterocycles. The van der Waals surface area contributed by atoms with E-state index in [0.29, 0.717) is 18.0 Å². The molecule has 23 heavy (non-hydrogen) atoms. The van der Waals surface area contributed by atoms with E-state index in [1.807, 2.05) is 36.4 Å². The predicted octanol–water partition coefficient (Wildman–Crippen LogP) is 3.55. The van der Waals surface area contributed by atoms with Gasteiger partial charge >= 0.3 is 11.6 Å². The van der Waals surface area contributed by atoms with Gasteiger partial charge in [-0.05, 0) is 28.5 Å². The lowest BCUT2D eigenvalue weighted by Gasteiger charge is -1.95. The molecule has 0 unspecified atom stereocenters. The van der Waals surface area contributed by atoms with E-state index in [9.17, 15) is 5.21 Å². The van der Waals surface area contributed by atoms with E-state index >= 15 is 0 Å². The number of aromatic nitrogens is 2. The smallest absolute Gasteiger partial charge is 0.346 e. The molecule has 116 valence electrons. The van der Waals surface area contributed by atoms with Gasteiger partial charge in [-0.3, -0.25) is 4.52 Å². The number of hydrogen-bond acceptors (Lipinski definition) is 6. The number of rotatable bonds is 6. The molecular formula is C16H14N4O3. The third-order valence-corrected chi connectivity index (χ3v) is 3.26. The third-order valence-electron chi connectivity index (χ3n) is 3.26. The fourth-order valence-corrected chi connectivity index (χ4v) is 2.14. The van der Waals surface area contributed by atoms with Crippen LogP contribution in [0.4, 0.5) is 5.88 Å². The van der Waals surface area contributed by atoms with E-state index < -0.39 is 0 Å². The fourth-order valence-electron chi connectivity index (χ4n) is 2.14. The summed E-state index contributed by atoms with van der Waals surface area (Å²) in [5, 5.41) is 20.2. The molecule has 7 heteroatoms. The van der Waals surface area contributed by atoms with Crippen molar-refractivity contribution in [1.82, 2.24) is 5.27 Å². The second-order valence-electron chi connectivity index (χ2n) is 4.75. The van der Waals surface area contributed by atoms with Crippen LogP contribution in [0.3, 0.4) is 0 Å².